The van der Waals surface area contributed by atoms with Gasteiger partial charge in [0.25, 0.3) is 0 Å². The molecule has 1 aliphatic rings. The van der Waals surface area contributed by atoms with Crippen LogP contribution in [0, 0.1) is 5.82 Å². The Morgan fingerprint density at radius 3 is 2.30 bits per heavy atom. The maximum Gasteiger partial charge on any atom is 0.499 e. The number of nitrogens with two attached hydrogens (primary N) is 1. The third kappa shape index (κ3) is 2.87. The number of hydrogen-bond donors (Lipinski definition) is 1. The molecule has 0 aliphatic carbocycles. The molecule has 0 amide bonds. The summed E-state index contributed by atoms with van der Waals surface area (Å²) in [6, 6.07) is 1.36. The van der Waals surface area contributed by atoms with Crippen molar-refractivity contribution in [1.29, 1.82) is 0 Å². The Morgan fingerprint density at radius 2 is 1.85 bits per heavy atom. The first-order valence-electron chi connectivity index (χ1n) is 6.88. The number of rotatable bonds is 3. The zero-order valence-corrected chi connectivity index (χ0v) is 12.7. The van der Waals surface area contributed by atoms with Crippen LogP contribution < -0.4 is 11.2 Å². The summed E-state index contributed by atoms with van der Waals surface area (Å²) >= 11 is 0. The molecule has 0 aromatic carbocycles. The molecule has 0 spiro atoms. The molecule has 1 fully saturated rings. The van der Waals surface area contributed by atoms with Crippen molar-refractivity contribution in [2.45, 2.75) is 58.3 Å². The second-order valence-electron chi connectivity index (χ2n) is 6.47. The van der Waals surface area contributed by atoms with Gasteiger partial charge in [-0.15, -0.1) is 0 Å². The smallest absolute Gasteiger partial charge is 0.399 e. The summed E-state index contributed by atoms with van der Waals surface area (Å²) in [5, 5.41) is 0. The lowest BCUT2D eigenvalue weighted by Gasteiger charge is -2.32. The summed E-state index contributed by atoms with van der Waals surface area (Å²) in [6.45, 7) is 9.60. The van der Waals surface area contributed by atoms with Crippen molar-refractivity contribution in [1.82, 2.24) is 4.98 Å². The Kier molecular flexibility index (Phi) is 3.93. The monoisotopic (exact) mass is 280 g/mol. The molecule has 2 rings (SSSR count). The highest BCUT2D eigenvalue weighted by atomic mass is 19.1. The summed E-state index contributed by atoms with van der Waals surface area (Å²) in [4.78, 5) is 4.24. The standard InChI is InChI=1S/C14H22BFN2O2/c1-9(17)6-10-7-12(16)11(8-18-10)15-19-13(2,3)14(4,5)20-15/h7-9H,6,17H2,1-5H3. The van der Waals surface area contributed by atoms with Gasteiger partial charge in [0.2, 0.25) is 0 Å². The van der Waals surface area contributed by atoms with Crippen LogP contribution in [0.2, 0.25) is 0 Å². The molecule has 0 radical (unpaired) electrons. The molecule has 6 heteroatoms. The SMILES string of the molecule is CC(N)Cc1cc(F)c(B2OC(C)(C)C(C)(C)O2)cn1. The zero-order valence-electron chi connectivity index (χ0n) is 12.7. The lowest BCUT2D eigenvalue weighted by atomic mass is 9.79. The van der Waals surface area contributed by atoms with Gasteiger partial charge in [0.15, 0.2) is 0 Å². The molecule has 1 unspecified atom stereocenters. The van der Waals surface area contributed by atoms with Crippen molar-refractivity contribution < 1.29 is 13.7 Å². The zero-order chi connectivity index (χ0) is 15.1. The van der Waals surface area contributed by atoms with Crippen LogP contribution in [0.4, 0.5) is 4.39 Å². The van der Waals surface area contributed by atoms with E-state index in [1.165, 1.54) is 12.3 Å². The van der Waals surface area contributed by atoms with Crippen LogP contribution in [0.3, 0.4) is 0 Å². The summed E-state index contributed by atoms with van der Waals surface area (Å²) < 4.78 is 25.9. The van der Waals surface area contributed by atoms with E-state index in [9.17, 15) is 4.39 Å². The average molecular weight is 280 g/mol. The van der Waals surface area contributed by atoms with Crippen LogP contribution in [0.25, 0.3) is 0 Å². The average Bonchev–Trinajstić information content (AvgIpc) is 2.46. The summed E-state index contributed by atoms with van der Waals surface area (Å²) in [5.74, 6) is -0.367. The summed E-state index contributed by atoms with van der Waals surface area (Å²) in [7, 11) is -0.725. The Balaban J connectivity index is 2.23. The maximum absolute atomic E-state index is 14.2. The minimum Gasteiger partial charge on any atom is -0.399 e. The molecule has 2 heterocycles. The molecule has 1 aromatic rings. The predicted molar refractivity (Wildman–Crippen MR) is 77.3 cm³/mol. The third-order valence-corrected chi connectivity index (χ3v) is 3.98. The van der Waals surface area contributed by atoms with Crippen molar-refractivity contribution in [3.63, 3.8) is 0 Å². The van der Waals surface area contributed by atoms with Crippen molar-refractivity contribution in [2.75, 3.05) is 0 Å². The molecule has 1 aromatic heterocycles. The van der Waals surface area contributed by atoms with Gasteiger partial charge in [0, 0.05) is 29.8 Å². The van der Waals surface area contributed by atoms with Crippen molar-refractivity contribution in [2.24, 2.45) is 5.73 Å². The highest BCUT2D eigenvalue weighted by Gasteiger charge is 2.52. The van der Waals surface area contributed by atoms with E-state index in [4.69, 9.17) is 15.0 Å². The molecule has 1 aliphatic heterocycles. The summed E-state index contributed by atoms with van der Waals surface area (Å²) in [5.41, 5.74) is 5.68. The fourth-order valence-electron chi connectivity index (χ4n) is 2.07. The Labute approximate surface area is 120 Å². The predicted octanol–water partition coefficient (Wildman–Crippen LogP) is 1.41. The largest absolute Gasteiger partial charge is 0.499 e. The van der Waals surface area contributed by atoms with Crippen LogP contribution in [-0.4, -0.2) is 29.3 Å². The molecular weight excluding hydrogens is 258 g/mol. The van der Waals surface area contributed by atoms with E-state index in [1.54, 1.807) is 0 Å². The first-order chi connectivity index (χ1) is 9.12. The molecule has 0 bridgehead atoms. The number of aromatic nitrogens is 1. The molecule has 0 saturated carbocycles. The van der Waals surface area contributed by atoms with E-state index < -0.39 is 18.3 Å². The quantitative estimate of drug-likeness (QED) is 0.850. The van der Waals surface area contributed by atoms with Crippen molar-refractivity contribution in [3.8, 4) is 0 Å². The van der Waals surface area contributed by atoms with Crippen molar-refractivity contribution in [3.05, 3.63) is 23.8 Å². The van der Waals surface area contributed by atoms with E-state index >= 15 is 0 Å². The second kappa shape index (κ2) is 5.09. The Bertz CT molecular complexity index is 490. The van der Waals surface area contributed by atoms with Gasteiger partial charge in [-0.3, -0.25) is 4.98 Å². The first-order valence-corrected chi connectivity index (χ1v) is 6.88. The van der Waals surface area contributed by atoms with E-state index in [-0.39, 0.29) is 11.9 Å². The highest BCUT2D eigenvalue weighted by molar-refractivity contribution is 6.62. The maximum atomic E-state index is 14.2. The molecule has 1 saturated heterocycles. The number of pyridine rings is 1. The van der Waals surface area contributed by atoms with E-state index in [2.05, 4.69) is 4.98 Å². The lowest BCUT2D eigenvalue weighted by Crippen LogP contribution is -2.41. The van der Waals surface area contributed by atoms with E-state index in [0.29, 0.717) is 17.6 Å². The van der Waals surface area contributed by atoms with Gasteiger partial charge in [-0.05, 0) is 40.7 Å². The van der Waals surface area contributed by atoms with Gasteiger partial charge in [0.1, 0.15) is 5.82 Å². The van der Waals surface area contributed by atoms with Crippen LogP contribution in [0.5, 0.6) is 0 Å². The van der Waals surface area contributed by atoms with Gasteiger partial charge < -0.3 is 15.0 Å². The molecule has 4 nitrogen and oxygen atoms in total. The highest BCUT2D eigenvalue weighted by Crippen LogP contribution is 2.36. The number of hydrogen-bond acceptors (Lipinski definition) is 4. The Hall–Kier alpha value is -0.975. The van der Waals surface area contributed by atoms with E-state index in [0.717, 1.165) is 0 Å². The van der Waals surface area contributed by atoms with Gasteiger partial charge >= 0.3 is 7.12 Å². The lowest BCUT2D eigenvalue weighted by molar-refractivity contribution is 0.00578. The fraction of sp³-hybridized carbons (Fsp3) is 0.643. The normalized spacial score (nSPS) is 22.1. The first kappa shape index (κ1) is 15.4. The Morgan fingerprint density at radius 1 is 1.30 bits per heavy atom. The minimum atomic E-state index is -0.725. The molecule has 20 heavy (non-hydrogen) atoms. The van der Waals surface area contributed by atoms with Gasteiger partial charge in [-0.2, -0.15) is 0 Å². The number of nitrogens with zero attached hydrogens (tertiary/aromatic N) is 1. The molecule has 2 N–H and O–H groups in total. The van der Waals surface area contributed by atoms with Crippen molar-refractivity contribution >= 4 is 12.6 Å². The van der Waals surface area contributed by atoms with Gasteiger partial charge in [0.05, 0.1) is 11.2 Å². The molecule has 110 valence electrons. The van der Waals surface area contributed by atoms with Gasteiger partial charge in [-0.25, -0.2) is 4.39 Å². The number of halogens is 1. The van der Waals surface area contributed by atoms with Crippen LogP contribution in [0.15, 0.2) is 12.3 Å². The van der Waals surface area contributed by atoms with E-state index in [1.807, 2.05) is 34.6 Å². The van der Waals surface area contributed by atoms with Crippen LogP contribution in [0.1, 0.15) is 40.3 Å². The topological polar surface area (TPSA) is 57.4 Å². The fourth-order valence-corrected chi connectivity index (χ4v) is 2.07. The van der Waals surface area contributed by atoms with Crippen LogP contribution in [-0.2, 0) is 15.7 Å². The third-order valence-electron chi connectivity index (χ3n) is 3.98. The second-order valence-corrected chi connectivity index (χ2v) is 6.47. The van der Waals surface area contributed by atoms with Crippen LogP contribution >= 0.6 is 0 Å². The van der Waals surface area contributed by atoms with Gasteiger partial charge in [-0.1, -0.05) is 0 Å². The minimum absolute atomic E-state index is 0.0513. The summed E-state index contributed by atoms with van der Waals surface area (Å²) in [6.07, 6.45) is 2.02. The molecular formula is C14H22BFN2O2. The molecule has 1 atom stereocenters.